The summed E-state index contributed by atoms with van der Waals surface area (Å²) in [5.74, 6) is 1.15. The molecule has 0 bridgehead atoms. The van der Waals surface area contributed by atoms with E-state index in [4.69, 9.17) is 47.1 Å². The van der Waals surface area contributed by atoms with E-state index in [-0.39, 0.29) is 88.0 Å². The zero-order valence-electron chi connectivity index (χ0n) is 41.4. The third kappa shape index (κ3) is 16.8. The van der Waals surface area contributed by atoms with E-state index in [0.717, 1.165) is 5.56 Å². The van der Waals surface area contributed by atoms with Crippen molar-refractivity contribution in [2.45, 2.75) is 76.5 Å². The SMILES string of the molecule is C#CCOCCOCCOCCNc1nc(N2CCN(C(=O)C(CCC(=O)O)n3cc(C(N)Cc4ccc(O)cc4)nn3)CC2)nc(N2CCN(C(=O)C(CCC(=O)O)n3cc(C(N)CC(C)C)nn3)CC2)n1. The van der Waals surface area contributed by atoms with Gasteiger partial charge in [-0.25, -0.2) is 9.36 Å². The molecule has 396 valence electrons. The second-order valence-electron chi connectivity index (χ2n) is 18.1. The molecule has 6 rings (SSSR count). The predicted molar refractivity (Wildman–Crippen MR) is 264 cm³/mol. The van der Waals surface area contributed by atoms with Gasteiger partial charge in [0.15, 0.2) is 0 Å². The van der Waals surface area contributed by atoms with Crippen LogP contribution in [0.25, 0.3) is 0 Å². The first-order chi connectivity index (χ1) is 35.2. The number of anilines is 3. The highest BCUT2D eigenvalue weighted by Gasteiger charge is 2.34. The second kappa shape index (κ2) is 27.7. The number of phenolic OH excluding ortho intramolecular Hbond substituents is 1. The van der Waals surface area contributed by atoms with Gasteiger partial charge in [0, 0.05) is 71.7 Å². The number of nitrogens with one attached hydrogen (secondary N) is 1. The lowest BCUT2D eigenvalue weighted by Gasteiger charge is -2.38. The quantitative estimate of drug-likeness (QED) is 0.0321. The lowest BCUT2D eigenvalue weighted by molar-refractivity contribution is -0.140. The first kappa shape index (κ1) is 55.3. The van der Waals surface area contributed by atoms with Crippen LogP contribution in [0.15, 0.2) is 36.7 Å². The Morgan fingerprint density at radius 3 is 1.66 bits per heavy atom. The van der Waals surface area contributed by atoms with Crippen LogP contribution in [-0.4, -0.2) is 192 Å². The number of phenols is 1. The van der Waals surface area contributed by atoms with E-state index in [9.17, 15) is 34.5 Å². The number of carboxylic acids is 2. The molecule has 8 N–H and O–H groups in total. The Morgan fingerprint density at radius 1 is 0.699 bits per heavy atom. The fraction of sp³-hybridized carbons (Fsp3) is 0.596. The number of amides is 2. The van der Waals surface area contributed by atoms with Crippen LogP contribution in [0.4, 0.5) is 17.8 Å². The number of rotatable bonds is 29. The maximum Gasteiger partial charge on any atom is 0.303 e. The van der Waals surface area contributed by atoms with E-state index in [1.165, 1.54) is 9.36 Å². The van der Waals surface area contributed by atoms with Gasteiger partial charge in [-0.15, -0.1) is 16.6 Å². The summed E-state index contributed by atoms with van der Waals surface area (Å²) in [6, 6.07) is 3.83. The maximum absolute atomic E-state index is 14.2. The number of piperazine rings is 2. The maximum atomic E-state index is 14.2. The number of hydrogen-bond acceptors (Lipinski definition) is 20. The van der Waals surface area contributed by atoms with Gasteiger partial charge in [-0.2, -0.15) is 15.0 Å². The van der Waals surface area contributed by atoms with E-state index in [2.05, 4.69) is 31.9 Å². The number of terminal acetylenes is 1. The monoisotopic (exact) mass is 1020 g/mol. The number of carbonyl (C=O) groups is 4. The Bertz CT molecular complexity index is 2430. The van der Waals surface area contributed by atoms with Crippen molar-refractivity contribution >= 4 is 41.6 Å². The van der Waals surface area contributed by atoms with Crippen LogP contribution in [-0.2, 0) is 39.8 Å². The minimum atomic E-state index is -1.06. The van der Waals surface area contributed by atoms with Crippen LogP contribution in [0.2, 0.25) is 0 Å². The molecule has 4 aromatic rings. The molecule has 73 heavy (non-hydrogen) atoms. The number of nitrogens with two attached hydrogens (primary N) is 2. The normalized spacial score (nSPS) is 15.7. The molecule has 26 heteroatoms. The number of benzene rings is 1. The Morgan fingerprint density at radius 2 is 1.18 bits per heavy atom. The third-order valence-electron chi connectivity index (χ3n) is 12.2. The van der Waals surface area contributed by atoms with Crippen molar-refractivity contribution in [2.24, 2.45) is 17.4 Å². The fourth-order valence-electron chi connectivity index (χ4n) is 8.30. The number of aromatic hydroxyl groups is 1. The molecule has 1 aromatic carbocycles. The Kier molecular flexibility index (Phi) is 21.0. The van der Waals surface area contributed by atoms with Crippen LogP contribution in [0.1, 0.15) is 87.1 Å². The molecule has 0 radical (unpaired) electrons. The van der Waals surface area contributed by atoms with Crippen LogP contribution in [0.5, 0.6) is 5.75 Å². The van der Waals surface area contributed by atoms with E-state index in [0.29, 0.717) is 108 Å². The Hall–Kier alpha value is -7.05. The summed E-state index contributed by atoms with van der Waals surface area (Å²) in [6.45, 7) is 8.95. The molecule has 0 spiro atoms. The molecule has 5 heterocycles. The average Bonchev–Trinajstić information content (AvgIpc) is 4.08. The number of aromatic nitrogens is 9. The standard InChI is InChI=1S/C47H68N16O10/c1-4-22-71-24-26-73-27-25-72-23-13-50-45-51-46(60-18-14-58(15-19-60)43(69)39(9-11-41(65)66)62-30-37(54-56-62)35(48)28-32(2)3)53-47(52-45)61-20-16-59(17-21-61)44(70)40(10-12-42(67)68)63-31-38(55-57-63)36(49)29-33-5-7-34(64)8-6-33/h1,5-8,30-32,35-36,39-40,64H,9-29,48-49H2,2-3H3,(H,65,66)(H,67,68)(H,50,51,52,53). The van der Waals surface area contributed by atoms with Crippen LogP contribution < -0.4 is 26.6 Å². The summed E-state index contributed by atoms with van der Waals surface area (Å²) in [6.07, 6.45) is 8.94. The largest absolute Gasteiger partial charge is 0.508 e. The zero-order chi connectivity index (χ0) is 52.3. The molecule has 2 aliphatic rings. The molecule has 2 fully saturated rings. The molecule has 0 saturated carbocycles. The van der Waals surface area contributed by atoms with Crippen molar-refractivity contribution in [3.63, 3.8) is 0 Å². The minimum Gasteiger partial charge on any atom is -0.508 e. The highest BCUT2D eigenvalue weighted by atomic mass is 16.5. The summed E-state index contributed by atoms with van der Waals surface area (Å²) in [7, 11) is 0. The van der Waals surface area contributed by atoms with Crippen molar-refractivity contribution in [1.82, 2.24) is 54.7 Å². The number of ether oxygens (including phenoxy) is 3. The van der Waals surface area contributed by atoms with Crippen molar-refractivity contribution in [2.75, 3.05) is 114 Å². The molecule has 0 aliphatic carbocycles. The zero-order valence-corrected chi connectivity index (χ0v) is 41.4. The summed E-state index contributed by atoms with van der Waals surface area (Å²) < 4.78 is 19.3. The summed E-state index contributed by atoms with van der Waals surface area (Å²) in [5.41, 5.74) is 14.6. The summed E-state index contributed by atoms with van der Waals surface area (Å²) in [4.78, 5) is 73.3. The van der Waals surface area contributed by atoms with E-state index >= 15 is 0 Å². The number of aliphatic carboxylic acids is 2. The number of carboxylic acid groups (broad SMARTS) is 2. The molecule has 26 nitrogen and oxygen atoms in total. The van der Waals surface area contributed by atoms with Gasteiger partial charge < -0.3 is 65.9 Å². The van der Waals surface area contributed by atoms with Crippen molar-refractivity contribution in [3.05, 3.63) is 53.6 Å². The molecule has 2 aliphatic heterocycles. The highest BCUT2D eigenvalue weighted by Crippen LogP contribution is 2.26. The number of hydrogen-bond donors (Lipinski definition) is 6. The van der Waals surface area contributed by atoms with E-state index in [1.54, 1.807) is 46.5 Å². The first-order valence-electron chi connectivity index (χ1n) is 24.5. The van der Waals surface area contributed by atoms with Crippen molar-refractivity contribution in [3.8, 4) is 18.1 Å². The topological polar surface area (TPSA) is 334 Å². The molecule has 2 saturated heterocycles. The number of nitrogens with zero attached hydrogens (tertiary/aromatic N) is 13. The molecular weight excluding hydrogens is 949 g/mol. The van der Waals surface area contributed by atoms with Crippen molar-refractivity contribution < 1.29 is 48.7 Å². The van der Waals surface area contributed by atoms with Gasteiger partial charge in [0.25, 0.3) is 0 Å². The predicted octanol–water partition coefficient (Wildman–Crippen LogP) is 0.653. The molecule has 2 amide bonds. The fourth-order valence-corrected chi connectivity index (χ4v) is 8.30. The van der Waals surface area contributed by atoms with Gasteiger partial charge in [-0.1, -0.05) is 42.3 Å². The van der Waals surface area contributed by atoms with Crippen LogP contribution in [0, 0.1) is 18.3 Å². The molecular formula is C47H68N16O10. The molecule has 3 aromatic heterocycles. The lowest BCUT2D eigenvalue weighted by atomic mass is 10.0. The first-order valence-corrected chi connectivity index (χ1v) is 24.5. The summed E-state index contributed by atoms with van der Waals surface area (Å²) >= 11 is 0. The van der Waals surface area contributed by atoms with Crippen LogP contribution in [0.3, 0.4) is 0 Å². The van der Waals surface area contributed by atoms with Gasteiger partial charge in [-0.3, -0.25) is 19.2 Å². The van der Waals surface area contributed by atoms with Crippen LogP contribution >= 0.6 is 0 Å². The molecule has 4 unspecified atom stereocenters. The highest BCUT2D eigenvalue weighted by molar-refractivity contribution is 5.82. The van der Waals surface area contributed by atoms with E-state index < -0.39 is 30.1 Å². The smallest absolute Gasteiger partial charge is 0.303 e. The summed E-state index contributed by atoms with van der Waals surface area (Å²) in [5, 5.41) is 48.9. The van der Waals surface area contributed by atoms with Gasteiger partial charge in [0.05, 0.1) is 68.9 Å². The van der Waals surface area contributed by atoms with Gasteiger partial charge >= 0.3 is 11.9 Å². The Labute approximate surface area is 423 Å². The van der Waals surface area contributed by atoms with Gasteiger partial charge in [0.2, 0.25) is 29.7 Å². The van der Waals surface area contributed by atoms with Gasteiger partial charge in [-0.05, 0) is 49.3 Å². The average molecular weight is 1020 g/mol. The molecule has 4 atom stereocenters. The number of carbonyl (C=O) groups excluding carboxylic acids is 2. The minimum absolute atomic E-state index is 0.0161. The lowest BCUT2D eigenvalue weighted by Crippen LogP contribution is -2.52. The second-order valence-corrected chi connectivity index (χ2v) is 18.1. The van der Waals surface area contributed by atoms with Crippen molar-refractivity contribution in [1.29, 1.82) is 0 Å². The van der Waals surface area contributed by atoms with E-state index in [1.807, 2.05) is 23.6 Å². The third-order valence-corrected chi connectivity index (χ3v) is 12.2. The Balaban J connectivity index is 1.12. The van der Waals surface area contributed by atoms with Gasteiger partial charge in [0.1, 0.15) is 24.4 Å².